The number of nitrogens with zero attached hydrogens (tertiary/aromatic N) is 1. The van der Waals surface area contributed by atoms with Crippen LogP contribution >= 0.6 is 0 Å². The third kappa shape index (κ3) is 4.24. The molecule has 3 rings (SSSR count). The summed E-state index contributed by atoms with van der Waals surface area (Å²) in [4.78, 5) is 14.5. The molecule has 126 valence electrons. The van der Waals surface area contributed by atoms with Crippen molar-refractivity contribution in [1.82, 2.24) is 10.2 Å². The fourth-order valence-corrected chi connectivity index (χ4v) is 3.01. The molecule has 0 bridgehead atoms. The van der Waals surface area contributed by atoms with Crippen molar-refractivity contribution in [3.8, 4) is 5.75 Å². The highest BCUT2D eigenvalue weighted by molar-refractivity contribution is 5.82. The van der Waals surface area contributed by atoms with E-state index in [-0.39, 0.29) is 18.1 Å². The summed E-state index contributed by atoms with van der Waals surface area (Å²) in [5, 5.41) is 3.04. The maximum Gasteiger partial charge on any atom is 0.237 e. The van der Waals surface area contributed by atoms with E-state index in [1.165, 1.54) is 12.8 Å². The molecule has 0 aromatic heterocycles. The summed E-state index contributed by atoms with van der Waals surface area (Å²) in [6.07, 6.45) is 3.43. The third-order valence-electron chi connectivity index (χ3n) is 4.74. The highest BCUT2D eigenvalue weighted by Crippen LogP contribution is 2.30. The number of hydrogen-bond donors (Lipinski definition) is 1. The topological polar surface area (TPSA) is 50.8 Å². The highest BCUT2D eigenvalue weighted by atomic mass is 16.5. The first-order valence-electron chi connectivity index (χ1n) is 8.39. The Hall–Kier alpha value is -1.59. The SMILES string of the molecule is CO[C@H]1C[C@@H](C(=O)NCc2ccccc2OCC2CC2)N(C)C1. The molecule has 23 heavy (non-hydrogen) atoms. The molecule has 5 heteroatoms. The number of benzene rings is 1. The molecule has 1 heterocycles. The number of ether oxygens (including phenoxy) is 2. The van der Waals surface area contributed by atoms with Crippen LogP contribution in [0.25, 0.3) is 0 Å². The molecular weight excluding hydrogens is 292 g/mol. The number of para-hydroxylation sites is 1. The summed E-state index contributed by atoms with van der Waals surface area (Å²) in [6, 6.07) is 7.83. The monoisotopic (exact) mass is 318 g/mol. The molecule has 0 spiro atoms. The van der Waals surface area contributed by atoms with E-state index in [0.29, 0.717) is 6.54 Å². The van der Waals surface area contributed by atoms with Crippen molar-refractivity contribution in [2.24, 2.45) is 5.92 Å². The Morgan fingerprint density at radius 3 is 2.83 bits per heavy atom. The minimum absolute atomic E-state index is 0.0593. The molecule has 1 saturated heterocycles. The summed E-state index contributed by atoms with van der Waals surface area (Å²) >= 11 is 0. The van der Waals surface area contributed by atoms with E-state index in [1.54, 1.807) is 7.11 Å². The van der Waals surface area contributed by atoms with E-state index >= 15 is 0 Å². The Balaban J connectivity index is 1.54. The van der Waals surface area contributed by atoms with Crippen LogP contribution in [0.1, 0.15) is 24.8 Å². The van der Waals surface area contributed by atoms with Gasteiger partial charge in [-0.2, -0.15) is 0 Å². The lowest BCUT2D eigenvalue weighted by Gasteiger charge is -2.19. The second-order valence-corrected chi connectivity index (χ2v) is 6.63. The first-order chi connectivity index (χ1) is 11.2. The van der Waals surface area contributed by atoms with Crippen molar-refractivity contribution in [3.63, 3.8) is 0 Å². The van der Waals surface area contributed by atoms with Gasteiger partial charge in [-0.3, -0.25) is 9.69 Å². The number of likely N-dealkylation sites (N-methyl/N-ethyl adjacent to an activating group) is 1. The van der Waals surface area contributed by atoms with E-state index in [9.17, 15) is 4.79 Å². The van der Waals surface area contributed by atoms with Gasteiger partial charge in [-0.15, -0.1) is 0 Å². The van der Waals surface area contributed by atoms with E-state index < -0.39 is 0 Å². The van der Waals surface area contributed by atoms with Crippen molar-refractivity contribution >= 4 is 5.91 Å². The maximum absolute atomic E-state index is 12.4. The standard InChI is InChI=1S/C18H26N2O3/c1-20-11-15(22-2)9-16(20)18(21)19-10-14-5-3-4-6-17(14)23-12-13-7-8-13/h3-6,13,15-16H,7-12H2,1-2H3,(H,19,21)/t15-,16-/m0/s1. The number of carbonyl (C=O) groups excluding carboxylic acids is 1. The molecular formula is C18H26N2O3. The number of nitrogens with one attached hydrogen (secondary N) is 1. The largest absolute Gasteiger partial charge is 0.493 e. The molecule has 1 aromatic carbocycles. The molecule has 0 unspecified atom stereocenters. The van der Waals surface area contributed by atoms with Gasteiger partial charge < -0.3 is 14.8 Å². The lowest BCUT2D eigenvalue weighted by molar-refractivity contribution is -0.125. The number of methoxy groups -OCH3 is 1. The normalized spacial score (nSPS) is 24.6. The Bertz CT molecular complexity index is 545. The van der Waals surface area contributed by atoms with Gasteiger partial charge in [0.25, 0.3) is 0 Å². The lowest BCUT2D eigenvalue weighted by atomic mass is 10.1. The van der Waals surface area contributed by atoms with Crippen LogP contribution in [-0.2, 0) is 16.1 Å². The predicted octanol–water partition coefficient (Wildman–Crippen LogP) is 1.81. The number of likely N-dealkylation sites (tertiary alicyclic amines) is 1. The van der Waals surface area contributed by atoms with Gasteiger partial charge in [0, 0.05) is 25.8 Å². The van der Waals surface area contributed by atoms with Crippen molar-refractivity contribution < 1.29 is 14.3 Å². The number of amides is 1. The minimum Gasteiger partial charge on any atom is -0.493 e. The quantitative estimate of drug-likeness (QED) is 0.833. The Morgan fingerprint density at radius 2 is 2.13 bits per heavy atom. The average molecular weight is 318 g/mol. The molecule has 1 saturated carbocycles. The Morgan fingerprint density at radius 1 is 1.35 bits per heavy atom. The van der Waals surface area contributed by atoms with Gasteiger partial charge in [-0.25, -0.2) is 0 Å². The molecule has 0 radical (unpaired) electrons. The zero-order valence-corrected chi connectivity index (χ0v) is 14.0. The van der Waals surface area contributed by atoms with Gasteiger partial charge in [-0.05, 0) is 38.3 Å². The summed E-state index contributed by atoms with van der Waals surface area (Å²) in [5.74, 6) is 1.66. The van der Waals surface area contributed by atoms with Crippen LogP contribution < -0.4 is 10.1 Å². The zero-order chi connectivity index (χ0) is 16.2. The summed E-state index contributed by atoms with van der Waals surface area (Å²) < 4.78 is 11.3. The lowest BCUT2D eigenvalue weighted by Crippen LogP contribution is -2.41. The van der Waals surface area contributed by atoms with Crippen LogP contribution in [0, 0.1) is 5.92 Å². The van der Waals surface area contributed by atoms with Gasteiger partial charge in [0.05, 0.1) is 18.8 Å². The molecule has 2 fully saturated rings. The summed E-state index contributed by atoms with van der Waals surface area (Å²) in [5.41, 5.74) is 1.03. The average Bonchev–Trinajstić information content (AvgIpc) is 3.32. The fourth-order valence-electron chi connectivity index (χ4n) is 3.01. The van der Waals surface area contributed by atoms with Crippen LogP contribution in [0.4, 0.5) is 0 Å². The van der Waals surface area contributed by atoms with Crippen LogP contribution in [-0.4, -0.2) is 50.3 Å². The Kier molecular flexibility index (Phi) is 5.18. The predicted molar refractivity (Wildman–Crippen MR) is 88.3 cm³/mol. The first kappa shape index (κ1) is 16.3. The van der Waals surface area contributed by atoms with Crippen LogP contribution in [0.15, 0.2) is 24.3 Å². The highest BCUT2D eigenvalue weighted by Gasteiger charge is 2.34. The van der Waals surface area contributed by atoms with E-state index in [4.69, 9.17) is 9.47 Å². The first-order valence-corrected chi connectivity index (χ1v) is 8.39. The minimum atomic E-state index is -0.112. The van der Waals surface area contributed by atoms with Gasteiger partial charge in [0.1, 0.15) is 5.75 Å². The number of carbonyl (C=O) groups is 1. The number of rotatable bonds is 7. The van der Waals surface area contributed by atoms with Crippen LogP contribution in [0.3, 0.4) is 0 Å². The van der Waals surface area contributed by atoms with Crippen molar-refractivity contribution in [1.29, 1.82) is 0 Å². The Labute approximate surface area is 137 Å². The van der Waals surface area contributed by atoms with Crippen molar-refractivity contribution in [2.75, 3.05) is 27.3 Å². The van der Waals surface area contributed by atoms with Gasteiger partial charge >= 0.3 is 0 Å². The number of hydrogen-bond acceptors (Lipinski definition) is 4. The van der Waals surface area contributed by atoms with Crippen LogP contribution in [0.5, 0.6) is 5.75 Å². The smallest absolute Gasteiger partial charge is 0.237 e. The second kappa shape index (κ2) is 7.32. The van der Waals surface area contributed by atoms with Crippen molar-refractivity contribution in [2.45, 2.75) is 38.0 Å². The third-order valence-corrected chi connectivity index (χ3v) is 4.74. The van der Waals surface area contributed by atoms with Gasteiger partial charge in [0.2, 0.25) is 5.91 Å². The van der Waals surface area contributed by atoms with Gasteiger partial charge in [0.15, 0.2) is 0 Å². The van der Waals surface area contributed by atoms with E-state index in [1.807, 2.05) is 31.3 Å². The second-order valence-electron chi connectivity index (χ2n) is 6.63. The molecule has 1 aliphatic heterocycles. The van der Waals surface area contributed by atoms with Gasteiger partial charge in [-0.1, -0.05) is 18.2 Å². The molecule has 2 aliphatic rings. The molecule has 1 amide bonds. The molecule has 2 atom stereocenters. The van der Waals surface area contributed by atoms with E-state index in [2.05, 4.69) is 10.2 Å². The molecule has 1 N–H and O–H groups in total. The molecule has 5 nitrogen and oxygen atoms in total. The summed E-state index contributed by atoms with van der Waals surface area (Å²) in [6.45, 7) is 2.09. The fraction of sp³-hybridized carbons (Fsp3) is 0.611. The van der Waals surface area contributed by atoms with Crippen molar-refractivity contribution in [3.05, 3.63) is 29.8 Å². The zero-order valence-electron chi connectivity index (χ0n) is 14.0. The molecule has 1 aliphatic carbocycles. The maximum atomic E-state index is 12.4. The van der Waals surface area contributed by atoms with E-state index in [0.717, 1.165) is 36.8 Å². The van der Waals surface area contributed by atoms with Crippen LogP contribution in [0.2, 0.25) is 0 Å². The molecule has 1 aromatic rings. The summed E-state index contributed by atoms with van der Waals surface area (Å²) in [7, 11) is 3.67.